The van der Waals surface area contributed by atoms with Crippen LogP contribution >= 0.6 is 0 Å². The molecule has 1 unspecified atom stereocenters. The van der Waals surface area contributed by atoms with Crippen LogP contribution in [-0.2, 0) is 0 Å². The Morgan fingerprint density at radius 2 is 0.965 bits per heavy atom. The molecule has 0 radical (unpaired) electrons. The quantitative estimate of drug-likeness (QED) is 0.0294. The lowest BCUT2D eigenvalue weighted by molar-refractivity contribution is 0.0724. The van der Waals surface area contributed by atoms with Gasteiger partial charge in [-0.1, -0.05) is 78.1 Å². The SMILES string of the molecule is CCCCCCCCOc1ccc(C(=O)Oc2ccc(C=NCC(C)N=Cc3ccc(OC(=O)c4ccc(OCCCCCCCC)cc4)cc3O)c(O)c2)cc1. The van der Waals surface area contributed by atoms with Crippen LogP contribution in [-0.4, -0.2) is 60.4 Å². The van der Waals surface area contributed by atoms with Crippen LogP contribution in [0.2, 0.25) is 0 Å². The van der Waals surface area contributed by atoms with E-state index in [1.807, 2.05) is 6.92 Å². The van der Waals surface area contributed by atoms with E-state index in [0.717, 1.165) is 25.7 Å². The summed E-state index contributed by atoms with van der Waals surface area (Å²) in [5.41, 5.74) is 1.65. The van der Waals surface area contributed by atoms with Crippen LogP contribution in [0.5, 0.6) is 34.5 Å². The van der Waals surface area contributed by atoms with Gasteiger partial charge in [-0.25, -0.2) is 9.59 Å². The predicted octanol–water partition coefficient (Wildman–Crippen LogP) is 10.9. The predicted molar refractivity (Wildman–Crippen MR) is 226 cm³/mol. The molecule has 4 aromatic rings. The molecule has 0 aliphatic carbocycles. The Labute approximate surface area is 337 Å². The van der Waals surface area contributed by atoms with Gasteiger partial charge in [-0.3, -0.25) is 9.98 Å². The van der Waals surface area contributed by atoms with Gasteiger partial charge in [-0.05, 0) is 92.6 Å². The maximum atomic E-state index is 12.7. The number of carbonyl (C=O) groups is 2. The maximum Gasteiger partial charge on any atom is 0.343 e. The third-order valence-electron chi connectivity index (χ3n) is 9.21. The smallest absolute Gasteiger partial charge is 0.343 e. The number of hydrogen-bond acceptors (Lipinski definition) is 10. The number of unbranched alkanes of at least 4 members (excludes halogenated alkanes) is 10. The molecule has 0 saturated carbocycles. The number of aliphatic imine (C=N–C) groups is 2. The summed E-state index contributed by atoms with van der Waals surface area (Å²) >= 11 is 0. The molecule has 4 aromatic carbocycles. The summed E-state index contributed by atoms with van der Waals surface area (Å²) in [5.74, 6) is 0.549. The van der Waals surface area contributed by atoms with Crippen molar-refractivity contribution in [3.8, 4) is 34.5 Å². The Morgan fingerprint density at radius 1 is 0.561 bits per heavy atom. The van der Waals surface area contributed by atoms with Gasteiger partial charge in [0.1, 0.15) is 34.5 Å². The van der Waals surface area contributed by atoms with E-state index < -0.39 is 11.9 Å². The van der Waals surface area contributed by atoms with Gasteiger partial charge in [0.25, 0.3) is 0 Å². The zero-order valence-corrected chi connectivity index (χ0v) is 33.7. The van der Waals surface area contributed by atoms with Gasteiger partial charge in [-0.15, -0.1) is 0 Å². The lowest BCUT2D eigenvalue weighted by Gasteiger charge is -2.09. The zero-order chi connectivity index (χ0) is 40.7. The number of aromatic hydroxyl groups is 2. The van der Waals surface area contributed by atoms with Crippen LogP contribution in [0, 0.1) is 0 Å². The Hall–Kier alpha value is -5.64. The highest BCUT2D eigenvalue weighted by atomic mass is 16.5. The second-order valence-electron chi connectivity index (χ2n) is 14.1. The van der Waals surface area contributed by atoms with Gasteiger partial charge in [0.05, 0.1) is 36.9 Å². The topological polar surface area (TPSA) is 136 Å². The lowest BCUT2D eigenvalue weighted by atomic mass is 10.1. The van der Waals surface area contributed by atoms with Crippen LogP contribution in [0.4, 0.5) is 0 Å². The monoisotopic (exact) mass is 778 g/mol. The van der Waals surface area contributed by atoms with E-state index in [2.05, 4.69) is 23.8 Å². The molecule has 0 fully saturated rings. The van der Waals surface area contributed by atoms with Crippen molar-refractivity contribution in [2.75, 3.05) is 19.8 Å². The molecule has 4 rings (SSSR count). The highest BCUT2D eigenvalue weighted by Crippen LogP contribution is 2.25. The van der Waals surface area contributed by atoms with E-state index in [1.165, 1.54) is 75.9 Å². The zero-order valence-electron chi connectivity index (χ0n) is 33.7. The van der Waals surface area contributed by atoms with Gasteiger partial charge in [0.15, 0.2) is 0 Å². The fourth-order valence-electron chi connectivity index (χ4n) is 5.80. The number of phenolic OH excluding ortho intramolecular Hbond substituents is 2. The third-order valence-corrected chi connectivity index (χ3v) is 9.21. The summed E-state index contributed by atoms with van der Waals surface area (Å²) in [6.45, 7) is 7.87. The fourth-order valence-corrected chi connectivity index (χ4v) is 5.80. The number of phenols is 2. The first-order valence-electron chi connectivity index (χ1n) is 20.3. The number of carbonyl (C=O) groups excluding carboxylic acids is 2. The molecule has 57 heavy (non-hydrogen) atoms. The summed E-state index contributed by atoms with van der Waals surface area (Å²) < 4.78 is 22.5. The van der Waals surface area contributed by atoms with Crippen molar-refractivity contribution in [1.29, 1.82) is 0 Å². The summed E-state index contributed by atoms with van der Waals surface area (Å²) in [6.07, 6.45) is 17.3. The Kier molecular flexibility index (Phi) is 19.2. The van der Waals surface area contributed by atoms with Crippen LogP contribution in [0.3, 0.4) is 0 Å². The molecule has 10 heteroatoms. The van der Waals surface area contributed by atoms with Crippen molar-refractivity contribution in [3.63, 3.8) is 0 Å². The normalized spacial score (nSPS) is 11.8. The average molecular weight is 779 g/mol. The molecule has 0 saturated heterocycles. The molecule has 0 bridgehead atoms. The van der Waals surface area contributed by atoms with Crippen molar-refractivity contribution in [2.45, 2.75) is 104 Å². The van der Waals surface area contributed by atoms with Gasteiger partial charge >= 0.3 is 11.9 Å². The Morgan fingerprint density at radius 3 is 1.40 bits per heavy atom. The van der Waals surface area contributed by atoms with E-state index >= 15 is 0 Å². The van der Waals surface area contributed by atoms with Crippen molar-refractivity contribution in [1.82, 2.24) is 0 Å². The van der Waals surface area contributed by atoms with Gasteiger partial charge in [-0.2, -0.15) is 0 Å². The number of rotatable bonds is 25. The van der Waals surface area contributed by atoms with E-state index in [4.69, 9.17) is 18.9 Å². The molecule has 10 nitrogen and oxygen atoms in total. The lowest BCUT2D eigenvalue weighted by Crippen LogP contribution is -2.08. The minimum atomic E-state index is -0.544. The maximum absolute atomic E-state index is 12.7. The average Bonchev–Trinajstić information content (AvgIpc) is 3.21. The van der Waals surface area contributed by atoms with Gasteiger partial charge in [0.2, 0.25) is 0 Å². The van der Waals surface area contributed by atoms with Crippen molar-refractivity contribution >= 4 is 24.4 Å². The molecule has 0 aliphatic heterocycles. The van der Waals surface area contributed by atoms with Gasteiger partial charge < -0.3 is 29.2 Å². The highest BCUT2D eigenvalue weighted by molar-refractivity contribution is 5.92. The first-order valence-corrected chi connectivity index (χ1v) is 20.3. The largest absolute Gasteiger partial charge is 0.507 e. The number of nitrogens with zero attached hydrogens (tertiary/aromatic N) is 2. The van der Waals surface area contributed by atoms with Gasteiger partial charge in [0, 0.05) is 35.7 Å². The number of hydrogen-bond donors (Lipinski definition) is 2. The van der Waals surface area contributed by atoms with Crippen LogP contribution in [0.15, 0.2) is 94.9 Å². The van der Waals surface area contributed by atoms with E-state index in [9.17, 15) is 19.8 Å². The second-order valence-corrected chi connectivity index (χ2v) is 14.1. The summed E-state index contributed by atoms with van der Waals surface area (Å²) in [6, 6.07) is 22.5. The number of ether oxygens (including phenoxy) is 4. The van der Waals surface area contributed by atoms with Crippen LogP contribution in [0.25, 0.3) is 0 Å². The van der Waals surface area contributed by atoms with Crippen LogP contribution in [0.1, 0.15) is 130 Å². The standard InChI is InChI=1S/C47H58N2O8/c1-4-6-8-10-12-14-28-54-40-22-16-36(17-23-40)46(52)56-42-26-20-38(44(50)30-42)33-48-32-35(3)49-34-39-21-27-43(31-45(39)51)57-47(53)37-18-24-41(25-19-37)55-29-15-13-11-9-7-5-2/h16-27,30-31,33-35,50-51H,4-15,28-29,32H2,1-3H3. The second kappa shape index (κ2) is 24.8. The molecule has 0 aliphatic rings. The van der Waals surface area contributed by atoms with E-state index in [0.29, 0.717) is 53.5 Å². The minimum Gasteiger partial charge on any atom is -0.507 e. The molecule has 0 spiro atoms. The van der Waals surface area contributed by atoms with Crippen molar-refractivity contribution in [2.24, 2.45) is 9.98 Å². The van der Waals surface area contributed by atoms with Crippen molar-refractivity contribution < 1.29 is 38.7 Å². The first-order chi connectivity index (χ1) is 27.7. The van der Waals surface area contributed by atoms with Crippen LogP contribution < -0.4 is 18.9 Å². The first kappa shape index (κ1) is 44.1. The molecule has 1 atom stereocenters. The molecule has 0 amide bonds. The molecule has 2 N–H and O–H groups in total. The van der Waals surface area contributed by atoms with E-state index in [-0.39, 0.29) is 29.0 Å². The summed E-state index contributed by atoms with van der Waals surface area (Å²) in [5, 5.41) is 21.1. The summed E-state index contributed by atoms with van der Waals surface area (Å²) in [7, 11) is 0. The molecule has 304 valence electrons. The molecule has 0 heterocycles. The molecular formula is C47H58N2O8. The molecule has 0 aromatic heterocycles. The minimum absolute atomic E-state index is 0.0887. The van der Waals surface area contributed by atoms with E-state index in [1.54, 1.807) is 72.8 Å². The molecular weight excluding hydrogens is 721 g/mol. The Bertz CT molecular complexity index is 1870. The third kappa shape index (κ3) is 16.2. The Balaban J connectivity index is 1.17. The van der Waals surface area contributed by atoms with Crippen molar-refractivity contribution in [3.05, 3.63) is 107 Å². The number of esters is 2. The highest BCUT2D eigenvalue weighted by Gasteiger charge is 2.13. The summed E-state index contributed by atoms with van der Waals surface area (Å²) in [4.78, 5) is 34.3. The number of benzene rings is 4. The fraction of sp³-hybridized carbons (Fsp3) is 0.404.